The summed E-state index contributed by atoms with van der Waals surface area (Å²) in [7, 11) is 0. The molecular formula is C18H16F3N5O2S3. The van der Waals surface area contributed by atoms with E-state index in [2.05, 4.69) is 20.6 Å². The minimum Gasteiger partial charge on any atom is -0.352 e. The zero-order valence-corrected chi connectivity index (χ0v) is 18.4. The van der Waals surface area contributed by atoms with Gasteiger partial charge in [0.05, 0.1) is 29.2 Å². The number of rotatable bonds is 7. The molecule has 3 rings (SSSR count). The number of amides is 3. The third-order valence-electron chi connectivity index (χ3n) is 3.76. The molecule has 7 nitrogen and oxygen atoms in total. The second-order valence-electron chi connectivity index (χ2n) is 6.19. The zero-order chi connectivity index (χ0) is 22.6. The molecule has 0 radical (unpaired) electrons. The first-order valence-corrected chi connectivity index (χ1v) is 11.2. The molecule has 2 heterocycles. The Labute approximate surface area is 187 Å². The first-order chi connectivity index (χ1) is 14.6. The van der Waals surface area contributed by atoms with Gasteiger partial charge in [0, 0.05) is 10.3 Å². The van der Waals surface area contributed by atoms with Crippen LogP contribution in [0.3, 0.4) is 0 Å². The van der Waals surface area contributed by atoms with Gasteiger partial charge in [0.1, 0.15) is 5.01 Å². The summed E-state index contributed by atoms with van der Waals surface area (Å²) in [5.74, 6) is -0.329. The molecule has 3 amide bonds. The van der Waals surface area contributed by atoms with Gasteiger partial charge in [-0.05, 0) is 36.4 Å². The standard InChI is InChI=1S/C18H16F3N5O2S3/c1-9-15(30-14(24-9)7-23-16(22)28)12-8-29-17(25-12)26-13(27)6-10-2-4-11(5-3-10)31-18(19,20)21/h2-5,8H,6-7H2,1H3,(H3,22,23,28)(H,25,26,27). The SMILES string of the molecule is Cc1nc(CNC(N)=O)sc1-c1csc(NC(=O)Cc2ccc(SC(F)(F)F)cc2)n1. The number of carbonyl (C=O) groups is 2. The molecule has 31 heavy (non-hydrogen) atoms. The van der Waals surface area contributed by atoms with E-state index >= 15 is 0 Å². The highest BCUT2D eigenvalue weighted by Gasteiger charge is 2.29. The van der Waals surface area contributed by atoms with E-state index in [4.69, 9.17) is 5.73 Å². The highest BCUT2D eigenvalue weighted by molar-refractivity contribution is 8.00. The maximum Gasteiger partial charge on any atom is 0.446 e. The molecule has 0 aliphatic rings. The largest absolute Gasteiger partial charge is 0.446 e. The fourth-order valence-corrected chi connectivity index (χ4v) is 4.82. The Morgan fingerprint density at radius 3 is 2.55 bits per heavy atom. The monoisotopic (exact) mass is 487 g/mol. The number of nitrogens with one attached hydrogen (secondary N) is 2. The van der Waals surface area contributed by atoms with Crippen LogP contribution in [0.5, 0.6) is 0 Å². The van der Waals surface area contributed by atoms with Gasteiger partial charge >= 0.3 is 11.5 Å². The van der Waals surface area contributed by atoms with Crippen molar-refractivity contribution >= 4 is 51.5 Å². The zero-order valence-electron chi connectivity index (χ0n) is 15.9. The first kappa shape index (κ1) is 23.0. The van der Waals surface area contributed by atoms with Crippen molar-refractivity contribution in [1.82, 2.24) is 15.3 Å². The van der Waals surface area contributed by atoms with Gasteiger partial charge in [0.15, 0.2) is 5.13 Å². The molecular weight excluding hydrogens is 471 g/mol. The van der Waals surface area contributed by atoms with E-state index in [-0.39, 0.29) is 35.5 Å². The molecule has 4 N–H and O–H groups in total. The molecule has 1 aromatic carbocycles. The van der Waals surface area contributed by atoms with Crippen LogP contribution in [0.4, 0.5) is 23.1 Å². The van der Waals surface area contributed by atoms with Crippen LogP contribution in [0.15, 0.2) is 34.5 Å². The number of nitrogens with two attached hydrogens (primary N) is 1. The van der Waals surface area contributed by atoms with E-state index in [1.165, 1.54) is 46.9 Å². The fourth-order valence-electron chi connectivity index (χ4n) is 2.52. The van der Waals surface area contributed by atoms with Gasteiger partial charge in [0.2, 0.25) is 5.91 Å². The van der Waals surface area contributed by atoms with Crippen molar-refractivity contribution in [2.75, 3.05) is 5.32 Å². The van der Waals surface area contributed by atoms with E-state index in [9.17, 15) is 22.8 Å². The van der Waals surface area contributed by atoms with Crippen LogP contribution in [0.25, 0.3) is 10.6 Å². The summed E-state index contributed by atoms with van der Waals surface area (Å²) in [6.07, 6.45) is 0.00833. The van der Waals surface area contributed by atoms with Gasteiger partial charge < -0.3 is 16.4 Å². The van der Waals surface area contributed by atoms with E-state index in [0.717, 1.165) is 10.6 Å². The van der Waals surface area contributed by atoms with Gasteiger partial charge in [0.25, 0.3) is 0 Å². The molecule has 3 aromatic rings. The lowest BCUT2D eigenvalue weighted by atomic mass is 10.1. The molecule has 13 heteroatoms. The number of urea groups is 1. The average molecular weight is 488 g/mol. The molecule has 0 saturated carbocycles. The number of aromatic nitrogens is 2. The number of carbonyl (C=O) groups excluding carboxylic acids is 2. The topological polar surface area (TPSA) is 110 Å². The van der Waals surface area contributed by atoms with Crippen LogP contribution in [0.1, 0.15) is 16.3 Å². The Bertz CT molecular complexity index is 1080. The Morgan fingerprint density at radius 2 is 1.90 bits per heavy atom. The molecule has 2 aromatic heterocycles. The van der Waals surface area contributed by atoms with Gasteiger partial charge in [-0.2, -0.15) is 13.2 Å². The number of nitrogens with zero attached hydrogens (tertiary/aromatic N) is 2. The van der Waals surface area contributed by atoms with Crippen molar-refractivity contribution in [3.05, 3.63) is 45.9 Å². The van der Waals surface area contributed by atoms with Crippen molar-refractivity contribution < 1.29 is 22.8 Å². The number of thioether (sulfide) groups is 1. The molecule has 0 atom stereocenters. The maximum absolute atomic E-state index is 12.4. The van der Waals surface area contributed by atoms with Crippen LogP contribution < -0.4 is 16.4 Å². The average Bonchev–Trinajstić information content (AvgIpc) is 3.26. The molecule has 164 valence electrons. The highest BCUT2D eigenvalue weighted by Crippen LogP contribution is 2.37. The summed E-state index contributed by atoms with van der Waals surface area (Å²) in [5, 5.41) is 8.03. The lowest BCUT2D eigenvalue weighted by Gasteiger charge is -2.06. The third-order valence-corrected chi connectivity index (χ3v) is 6.44. The van der Waals surface area contributed by atoms with Gasteiger partial charge in [-0.15, -0.1) is 22.7 Å². The Hall–Kier alpha value is -2.64. The molecule has 0 fully saturated rings. The second kappa shape index (κ2) is 9.66. The smallest absolute Gasteiger partial charge is 0.352 e. The number of hydrogen-bond donors (Lipinski definition) is 3. The quantitative estimate of drug-likeness (QED) is 0.424. The molecule has 0 saturated heterocycles. The Morgan fingerprint density at radius 1 is 1.19 bits per heavy atom. The lowest BCUT2D eigenvalue weighted by molar-refractivity contribution is -0.115. The molecule has 0 aliphatic carbocycles. The maximum atomic E-state index is 12.4. The number of alkyl halides is 3. The second-order valence-corrected chi connectivity index (χ2v) is 9.27. The summed E-state index contributed by atoms with van der Waals surface area (Å²) in [4.78, 5) is 32.8. The number of thiazole rings is 2. The van der Waals surface area contributed by atoms with Crippen molar-refractivity contribution in [3.8, 4) is 10.6 Å². The lowest BCUT2D eigenvalue weighted by Crippen LogP contribution is -2.28. The number of hydrogen-bond acceptors (Lipinski definition) is 7. The minimum atomic E-state index is -4.35. The van der Waals surface area contributed by atoms with Gasteiger partial charge in [-0.3, -0.25) is 4.79 Å². The summed E-state index contributed by atoms with van der Waals surface area (Å²) >= 11 is 2.41. The summed E-state index contributed by atoms with van der Waals surface area (Å²) < 4.78 is 37.2. The summed E-state index contributed by atoms with van der Waals surface area (Å²) in [6, 6.07) is 5.01. The molecule has 0 bridgehead atoms. The van der Waals surface area contributed by atoms with E-state index in [1.54, 1.807) is 5.38 Å². The van der Waals surface area contributed by atoms with Crippen molar-refractivity contribution in [1.29, 1.82) is 0 Å². The number of aryl methyl sites for hydroxylation is 1. The van der Waals surface area contributed by atoms with Crippen molar-refractivity contribution in [3.63, 3.8) is 0 Å². The summed E-state index contributed by atoms with van der Waals surface area (Å²) in [5.41, 5.74) is 2.69. The molecule has 0 unspecified atom stereocenters. The predicted octanol–water partition coefficient (Wildman–Crippen LogP) is 4.54. The predicted molar refractivity (Wildman–Crippen MR) is 115 cm³/mol. The number of primary amides is 1. The molecule has 0 spiro atoms. The van der Waals surface area contributed by atoms with E-state index < -0.39 is 11.5 Å². The van der Waals surface area contributed by atoms with E-state index in [0.29, 0.717) is 21.4 Å². The van der Waals surface area contributed by atoms with Crippen LogP contribution in [0.2, 0.25) is 0 Å². The normalized spacial score (nSPS) is 11.4. The summed E-state index contributed by atoms with van der Waals surface area (Å²) in [6.45, 7) is 2.03. The number of anilines is 1. The molecule has 0 aliphatic heterocycles. The van der Waals surface area contributed by atoms with E-state index in [1.807, 2.05) is 6.92 Å². The van der Waals surface area contributed by atoms with Crippen LogP contribution >= 0.6 is 34.4 Å². The van der Waals surface area contributed by atoms with Gasteiger partial charge in [-0.25, -0.2) is 14.8 Å². The third kappa shape index (κ3) is 6.94. The number of benzene rings is 1. The number of halogens is 3. The van der Waals surface area contributed by atoms with Crippen LogP contribution in [-0.4, -0.2) is 27.4 Å². The Balaban J connectivity index is 1.59. The van der Waals surface area contributed by atoms with Crippen molar-refractivity contribution in [2.45, 2.75) is 30.3 Å². The first-order valence-electron chi connectivity index (χ1n) is 8.69. The fraction of sp³-hybridized carbons (Fsp3) is 0.222. The van der Waals surface area contributed by atoms with Crippen LogP contribution in [-0.2, 0) is 17.8 Å². The Kier molecular flexibility index (Phi) is 7.18. The minimum absolute atomic E-state index is 0.00833. The van der Waals surface area contributed by atoms with Crippen LogP contribution in [0, 0.1) is 6.92 Å². The van der Waals surface area contributed by atoms with Crippen molar-refractivity contribution in [2.24, 2.45) is 5.73 Å². The highest BCUT2D eigenvalue weighted by atomic mass is 32.2. The van der Waals surface area contributed by atoms with Gasteiger partial charge in [-0.1, -0.05) is 12.1 Å².